The van der Waals surface area contributed by atoms with Gasteiger partial charge in [0.15, 0.2) is 0 Å². The molecule has 0 aliphatic heterocycles. The van der Waals surface area contributed by atoms with Crippen LogP contribution in [0.4, 0.5) is 10.8 Å². The first kappa shape index (κ1) is 12.0. The molecule has 1 N–H and O–H groups in total. The van der Waals surface area contributed by atoms with Gasteiger partial charge >= 0.3 is 0 Å². The Bertz CT molecular complexity index is 643. The maximum absolute atomic E-state index is 5.60. The van der Waals surface area contributed by atoms with E-state index in [0.717, 1.165) is 21.5 Å². The predicted molar refractivity (Wildman–Crippen MR) is 76.4 cm³/mol. The zero-order valence-electron chi connectivity index (χ0n) is 10.7. The maximum Gasteiger partial charge on any atom is 0.213 e. The topological polar surface area (TPSA) is 51.5 Å². The van der Waals surface area contributed by atoms with Crippen LogP contribution >= 0.6 is 11.3 Å². The van der Waals surface area contributed by atoms with Gasteiger partial charge in [0.25, 0.3) is 0 Å². The van der Waals surface area contributed by atoms with Crippen molar-refractivity contribution in [3.05, 3.63) is 36.7 Å². The van der Waals surface area contributed by atoms with E-state index in [1.54, 1.807) is 10.7 Å². The molecule has 5 nitrogen and oxygen atoms in total. The van der Waals surface area contributed by atoms with Crippen LogP contribution in [0.5, 0.6) is 5.75 Å². The Morgan fingerprint density at radius 1 is 1.26 bits per heavy atom. The van der Waals surface area contributed by atoms with Crippen LogP contribution in [0.1, 0.15) is 13.8 Å². The minimum absolute atomic E-state index is 0.186. The average Bonchev–Trinajstić information content (AvgIpc) is 2.91. The number of hydrogen-bond donors (Lipinski definition) is 1. The number of fused-ring (bicyclic) bond motifs is 1. The highest BCUT2D eigenvalue weighted by atomic mass is 32.1. The lowest BCUT2D eigenvalue weighted by Crippen LogP contribution is -2.05. The van der Waals surface area contributed by atoms with Gasteiger partial charge in [-0.2, -0.15) is 0 Å². The van der Waals surface area contributed by atoms with E-state index in [1.807, 2.05) is 44.3 Å². The van der Waals surface area contributed by atoms with Gasteiger partial charge in [0.2, 0.25) is 10.1 Å². The van der Waals surface area contributed by atoms with E-state index in [4.69, 9.17) is 4.74 Å². The zero-order valence-corrected chi connectivity index (χ0v) is 11.5. The smallest absolute Gasteiger partial charge is 0.213 e. The lowest BCUT2D eigenvalue weighted by Gasteiger charge is -2.10. The van der Waals surface area contributed by atoms with Gasteiger partial charge < -0.3 is 10.1 Å². The molecule has 3 rings (SSSR count). The summed E-state index contributed by atoms with van der Waals surface area (Å²) in [7, 11) is 0. The third-order valence-corrected chi connectivity index (χ3v) is 3.30. The van der Waals surface area contributed by atoms with Gasteiger partial charge in [-0.3, -0.25) is 0 Å². The van der Waals surface area contributed by atoms with E-state index in [0.29, 0.717) is 0 Å². The molecule has 0 saturated carbocycles. The highest BCUT2D eigenvalue weighted by Gasteiger charge is 2.04. The predicted octanol–water partition coefficient (Wildman–Crippen LogP) is 3.32. The second-order valence-electron chi connectivity index (χ2n) is 4.38. The third-order valence-electron chi connectivity index (χ3n) is 2.45. The Morgan fingerprint density at radius 3 is 2.74 bits per heavy atom. The molecule has 98 valence electrons. The van der Waals surface area contributed by atoms with Crippen LogP contribution in [-0.4, -0.2) is 20.7 Å². The Balaban J connectivity index is 1.74. The molecule has 0 spiro atoms. The molecule has 0 radical (unpaired) electrons. The van der Waals surface area contributed by atoms with Crippen LogP contribution in [0.3, 0.4) is 0 Å². The lowest BCUT2D eigenvalue weighted by molar-refractivity contribution is 0.242. The molecule has 2 aromatic heterocycles. The van der Waals surface area contributed by atoms with Gasteiger partial charge in [0.05, 0.1) is 12.3 Å². The normalized spacial score (nSPS) is 11.1. The van der Waals surface area contributed by atoms with E-state index >= 15 is 0 Å². The molecule has 6 heteroatoms. The summed E-state index contributed by atoms with van der Waals surface area (Å²) >= 11 is 1.51. The molecule has 3 aromatic rings. The minimum Gasteiger partial charge on any atom is -0.491 e. The molecule has 0 aliphatic carbocycles. The van der Waals surface area contributed by atoms with Crippen molar-refractivity contribution >= 4 is 27.1 Å². The molecule has 0 saturated heterocycles. The molecule has 19 heavy (non-hydrogen) atoms. The monoisotopic (exact) mass is 274 g/mol. The Hall–Kier alpha value is -2.08. The van der Waals surface area contributed by atoms with Crippen LogP contribution in [0.25, 0.3) is 4.96 Å². The fourth-order valence-corrected chi connectivity index (χ4v) is 2.48. The molecule has 2 heterocycles. The quantitative estimate of drug-likeness (QED) is 0.793. The summed E-state index contributed by atoms with van der Waals surface area (Å²) in [5, 5.41) is 8.44. The number of hydrogen-bond acceptors (Lipinski definition) is 5. The van der Waals surface area contributed by atoms with Crippen LogP contribution in [0.2, 0.25) is 0 Å². The van der Waals surface area contributed by atoms with Gasteiger partial charge in [-0.05, 0) is 38.1 Å². The van der Waals surface area contributed by atoms with E-state index in [2.05, 4.69) is 15.4 Å². The molecule has 0 fully saturated rings. The lowest BCUT2D eigenvalue weighted by atomic mass is 10.3. The first-order valence-corrected chi connectivity index (χ1v) is 6.86. The molecule has 0 atom stereocenters. The SMILES string of the molecule is CC(C)Oc1ccc(Nc2nn3ccnc3s2)cc1. The number of anilines is 2. The van der Waals surface area contributed by atoms with Crippen molar-refractivity contribution in [2.45, 2.75) is 20.0 Å². The van der Waals surface area contributed by atoms with Gasteiger partial charge in [-0.15, -0.1) is 5.10 Å². The zero-order chi connectivity index (χ0) is 13.2. The Labute approximate surface area is 114 Å². The number of nitrogens with one attached hydrogen (secondary N) is 1. The van der Waals surface area contributed by atoms with Crippen LogP contribution in [0.15, 0.2) is 36.7 Å². The fraction of sp³-hybridized carbons (Fsp3) is 0.231. The number of benzene rings is 1. The number of ether oxygens (including phenoxy) is 1. The summed E-state index contributed by atoms with van der Waals surface area (Å²) in [5.41, 5.74) is 0.980. The van der Waals surface area contributed by atoms with Crippen molar-refractivity contribution in [2.24, 2.45) is 0 Å². The van der Waals surface area contributed by atoms with Gasteiger partial charge in [-0.25, -0.2) is 9.50 Å². The largest absolute Gasteiger partial charge is 0.491 e. The Morgan fingerprint density at radius 2 is 2.05 bits per heavy atom. The molecule has 0 unspecified atom stereocenters. The summed E-state index contributed by atoms with van der Waals surface area (Å²) < 4.78 is 7.35. The molecule has 1 aromatic carbocycles. The summed E-state index contributed by atoms with van der Waals surface area (Å²) in [4.78, 5) is 5.06. The number of imidazole rings is 1. The van der Waals surface area contributed by atoms with Gasteiger partial charge in [-0.1, -0.05) is 11.3 Å². The van der Waals surface area contributed by atoms with E-state index < -0.39 is 0 Å². The second kappa shape index (κ2) is 4.89. The van der Waals surface area contributed by atoms with Crippen LogP contribution in [0, 0.1) is 0 Å². The van der Waals surface area contributed by atoms with Gasteiger partial charge in [0, 0.05) is 11.9 Å². The minimum atomic E-state index is 0.186. The van der Waals surface area contributed by atoms with Crippen LogP contribution in [-0.2, 0) is 0 Å². The first-order chi connectivity index (χ1) is 9.20. The van der Waals surface area contributed by atoms with Crippen molar-refractivity contribution in [2.75, 3.05) is 5.32 Å². The van der Waals surface area contributed by atoms with E-state index in [9.17, 15) is 0 Å². The van der Waals surface area contributed by atoms with Crippen LogP contribution < -0.4 is 10.1 Å². The standard InChI is InChI=1S/C13H14N4OS/c1-9(2)18-11-5-3-10(4-6-11)15-12-16-17-8-7-14-13(17)19-12/h3-9H,1-2H3,(H,15,16). The van der Waals surface area contributed by atoms with Crippen molar-refractivity contribution in [1.82, 2.24) is 14.6 Å². The van der Waals surface area contributed by atoms with Gasteiger partial charge in [0.1, 0.15) is 5.75 Å². The molecule has 0 amide bonds. The molecule has 0 bridgehead atoms. The first-order valence-electron chi connectivity index (χ1n) is 6.04. The number of rotatable bonds is 4. The number of nitrogens with zero attached hydrogens (tertiary/aromatic N) is 3. The fourth-order valence-electron chi connectivity index (χ4n) is 1.70. The van der Waals surface area contributed by atoms with E-state index in [-0.39, 0.29) is 6.10 Å². The van der Waals surface area contributed by atoms with Crippen molar-refractivity contribution in [1.29, 1.82) is 0 Å². The maximum atomic E-state index is 5.60. The molecule has 0 aliphatic rings. The van der Waals surface area contributed by atoms with Crippen molar-refractivity contribution in [3.8, 4) is 5.75 Å². The summed E-state index contributed by atoms with van der Waals surface area (Å²) in [6.07, 6.45) is 3.75. The van der Waals surface area contributed by atoms with E-state index in [1.165, 1.54) is 11.3 Å². The summed E-state index contributed by atoms with van der Waals surface area (Å²) in [6.45, 7) is 4.02. The van der Waals surface area contributed by atoms with Crippen molar-refractivity contribution < 1.29 is 4.74 Å². The average molecular weight is 274 g/mol. The number of aromatic nitrogens is 3. The molecular formula is C13H14N4OS. The molecular weight excluding hydrogens is 260 g/mol. The summed E-state index contributed by atoms with van der Waals surface area (Å²) in [6, 6.07) is 7.84. The highest BCUT2D eigenvalue weighted by Crippen LogP contribution is 2.24. The Kier molecular flexibility index (Phi) is 3.08. The summed E-state index contributed by atoms with van der Waals surface area (Å²) in [5.74, 6) is 0.870. The highest BCUT2D eigenvalue weighted by molar-refractivity contribution is 7.20. The second-order valence-corrected chi connectivity index (χ2v) is 5.33. The van der Waals surface area contributed by atoms with Crippen molar-refractivity contribution in [3.63, 3.8) is 0 Å². The third kappa shape index (κ3) is 2.68.